The molecule has 0 atom stereocenters. The minimum Gasteiger partial charge on any atom is -0.338 e. The molecule has 0 unspecified atom stereocenters. The smallest absolute Gasteiger partial charge is 0.279 e. The number of aromatic amines is 1. The molecule has 0 aliphatic rings. The van der Waals surface area contributed by atoms with Gasteiger partial charge in [0.2, 0.25) is 5.95 Å². The van der Waals surface area contributed by atoms with Crippen molar-refractivity contribution in [2.75, 3.05) is 0 Å². The Hall–Kier alpha value is -2.44. The van der Waals surface area contributed by atoms with E-state index in [1.165, 1.54) is 24.5 Å². The molecule has 2 aromatic heterocycles. The number of nitrogens with zero attached hydrogens (tertiary/aromatic N) is 2. The minimum atomic E-state index is -2.82. The SMILES string of the molecule is Cc1cnc(F)cc1-c1cnc(/C=C\C(=N)C(F)F)[nH]1. The molecule has 7 heteroatoms. The predicted molar refractivity (Wildman–Crippen MR) is 69.3 cm³/mol. The minimum absolute atomic E-state index is 0.307. The summed E-state index contributed by atoms with van der Waals surface area (Å²) in [5.41, 5.74) is 1.10. The molecule has 0 aliphatic carbocycles. The van der Waals surface area contributed by atoms with E-state index in [4.69, 9.17) is 5.41 Å². The van der Waals surface area contributed by atoms with Gasteiger partial charge in [-0.25, -0.2) is 18.7 Å². The number of imidazole rings is 1. The number of alkyl halides is 2. The van der Waals surface area contributed by atoms with Crippen LogP contribution in [0, 0.1) is 18.3 Å². The molecule has 2 rings (SSSR count). The summed E-state index contributed by atoms with van der Waals surface area (Å²) in [6.07, 6.45) is 2.27. The van der Waals surface area contributed by atoms with Crippen LogP contribution in [-0.2, 0) is 0 Å². The van der Waals surface area contributed by atoms with Gasteiger partial charge in [0, 0.05) is 17.8 Å². The van der Waals surface area contributed by atoms with Crippen molar-refractivity contribution in [3.05, 3.63) is 41.9 Å². The maximum Gasteiger partial charge on any atom is 0.279 e. The van der Waals surface area contributed by atoms with Crippen LogP contribution in [0.3, 0.4) is 0 Å². The molecule has 0 radical (unpaired) electrons. The van der Waals surface area contributed by atoms with E-state index in [1.54, 1.807) is 6.92 Å². The Balaban J connectivity index is 2.25. The van der Waals surface area contributed by atoms with Crippen LogP contribution in [-0.4, -0.2) is 27.1 Å². The van der Waals surface area contributed by atoms with Gasteiger partial charge in [0.15, 0.2) is 0 Å². The van der Waals surface area contributed by atoms with Gasteiger partial charge < -0.3 is 4.98 Å². The Morgan fingerprint density at radius 3 is 2.80 bits per heavy atom. The van der Waals surface area contributed by atoms with Gasteiger partial charge in [0.05, 0.1) is 17.6 Å². The van der Waals surface area contributed by atoms with Crippen LogP contribution >= 0.6 is 0 Å². The summed E-state index contributed by atoms with van der Waals surface area (Å²) >= 11 is 0. The van der Waals surface area contributed by atoms with Gasteiger partial charge in [0.25, 0.3) is 6.43 Å². The fraction of sp³-hybridized carbons (Fsp3) is 0.154. The zero-order chi connectivity index (χ0) is 14.7. The molecule has 2 aromatic rings. The first-order valence-electron chi connectivity index (χ1n) is 5.69. The maximum atomic E-state index is 13.1. The third kappa shape index (κ3) is 3.11. The van der Waals surface area contributed by atoms with Crippen LogP contribution in [0.4, 0.5) is 13.2 Å². The molecule has 0 bridgehead atoms. The molecular weight excluding hydrogens is 269 g/mol. The summed E-state index contributed by atoms with van der Waals surface area (Å²) in [6.45, 7) is 1.77. The second-order valence-electron chi connectivity index (χ2n) is 4.09. The average molecular weight is 280 g/mol. The van der Waals surface area contributed by atoms with E-state index in [2.05, 4.69) is 15.0 Å². The highest BCUT2D eigenvalue weighted by Gasteiger charge is 2.09. The zero-order valence-electron chi connectivity index (χ0n) is 10.5. The highest BCUT2D eigenvalue weighted by molar-refractivity contribution is 5.97. The summed E-state index contributed by atoms with van der Waals surface area (Å²) < 4.78 is 37.4. The summed E-state index contributed by atoms with van der Waals surface area (Å²) in [4.78, 5) is 10.3. The molecule has 0 saturated carbocycles. The van der Waals surface area contributed by atoms with Gasteiger partial charge in [-0.05, 0) is 24.6 Å². The first-order valence-corrected chi connectivity index (χ1v) is 5.69. The molecule has 20 heavy (non-hydrogen) atoms. The lowest BCUT2D eigenvalue weighted by atomic mass is 10.1. The second-order valence-corrected chi connectivity index (χ2v) is 4.09. The molecule has 2 heterocycles. The topological polar surface area (TPSA) is 65.4 Å². The van der Waals surface area contributed by atoms with Crippen LogP contribution < -0.4 is 0 Å². The van der Waals surface area contributed by atoms with E-state index in [9.17, 15) is 13.2 Å². The van der Waals surface area contributed by atoms with Crippen LogP contribution in [0.5, 0.6) is 0 Å². The fourth-order valence-electron chi connectivity index (χ4n) is 1.59. The summed E-state index contributed by atoms with van der Waals surface area (Å²) in [5.74, 6) is -0.307. The van der Waals surface area contributed by atoms with E-state index >= 15 is 0 Å². The highest BCUT2D eigenvalue weighted by Crippen LogP contribution is 2.21. The Bertz CT molecular complexity index is 661. The normalized spacial score (nSPS) is 11.4. The molecule has 4 nitrogen and oxygen atoms in total. The van der Waals surface area contributed by atoms with Gasteiger partial charge in [-0.2, -0.15) is 4.39 Å². The van der Waals surface area contributed by atoms with Crippen molar-refractivity contribution < 1.29 is 13.2 Å². The van der Waals surface area contributed by atoms with Crippen molar-refractivity contribution in [2.24, 2.45) is 0 Å². The molecule has 0 spiro atoms. The lowest BCUT2D eigenvalue weighted by Crippen LogP contribution is -2.03. The number of allylic oxidation sites excluding steroid dienone is 1. The first-order chi connectivity index (χ1) is 9.47. The highest BCUT2D eigenvalue weighted by atomic mass is 19.3. The molecule has 104 valence electrons. The first kappa shape index (κ1) is 14.0. The largest absolute Gasteiger partial charge is 0.338 e. The number of aryl methyl sites for hydroxylation is 1. The lowest BCUT2D eigenvalue weighted by molar-refractivity contribution is 0.226. The number of aromatic nitrogens is 3. The number of nitrogens with one attached hydrogen (secondary N) is 2. The summed E-state index contributed by atoms with van der Waals surface area (Å²) in [7, 11) is 0. The van der Waals surface area contributed by atoms with E-state index in [0.717, 1.165) is 11.6 Å². The van der Waals surface area contributed by atoms with Crippen molar-refractivity contribution in [1.82, 2.24) is 15.0 Å². The monoisotopic (exact) mass is 280 g/mol. The van der Waals surface area contributed by atoms with Gasteiger partial charge >= 0.3 is 0 Å². The van der Waals surface area contributed by atoms with E-state index in [-0.39, 0.29) is 0 Å². The number of hydrogen-bond acceptors (Lipinski definition) is 3. The van der Waals surface area contributed by atoms with E-state index < -0.39 is 18.1 Å². The summed E-state index contributed by atoms with van der Waals surface area (Å²) in [5, 5.41) is 6.99. The quantitative estimate of drug-likeness (QED) is 0.667. The van der Waals surface area contributed by atoms with Crippen LogP contribution in [0.25, 0.3) is 17.3 Å². The van der Waals surface area contributed by atoms with Gasteiger partial charge in [-0.15, -0.1) is 0 Å². The van der Waals surface area contributed by atoms with Gasteiger partial charge in [-0.1, -0.05) is 0 Å². The average Bonchev–Trinajstić information content (AvgIpc) is 2.87. The third-order valence-electron chi connectivity index (χ3n) is 2.61. The predicted octanol–water partition coefficient (Wildman–Crippen LogP) is 3.22. The van der Waals surface area contributed by atoms with E-state index in [1.807, 2.05) is 0 Å². The van der Waals surface area contributed by atoms with Crippen LogP contribution in [0.1, 0.15) is 11.4 Å². The molecule has 0 amide bonds. The summed E-state index contributed by atoms with van der Waals surface area (Å²) in [6, 6.07) is 1.26. The van der Waals surface area contributed by atoms with Crippen LogP contribution in [0.2, 0.25) is 0 Å². The standard InChI is InChI=1S/C13H11F3N4/c1-7-5-18-11(14)4-8(7)10-6-19-12(20-10)3-2-9(17)13(15)16/h2-6,13,17H,1H3,(H,19,20)/b3-2-,17-9?. The Morgan fingerprint density at radius 2 is 2.10 bits per heavy atom. The molecule has 0 aromatic carbocycles. The van der Waals surface area contributed by atoms with Gasteiger partial charge in [-0.3, -0.25) is 5.41 Å². The van der Waals surface area contributed by atoms with Crippen molar-refractivity contribution in [3.63, 3.8) is 0 Å². The number of halogens is 3. The van der Waals surface area contributed by atoms with Crippen molar-refractivity contribution in [2.45, 2.75) is 13.3 Å². The molecule has 0 aliphatic heterocycles. The van der Waals surface area contributed by atoms with Crippen molar-refractivity contribution in [1.29, 1.82) is 5.41 Å². The van der Waals surface area contributed by atoms with Crippen LogP contribution in [0.15, 0.2) is 24.5 Å². The molecular formula is C13H11F3N4. The number of pyridine rings is 1. The number of H-pyrrole nitrogens is 1. The molecule has 0 fully saturated rings. The van der Waals surface area contributed by atoms with Gasteiger partial charge in [0.1, 0.15) is 5.82 Å². The number of hydrogen-bond donors (Lipinski definition) is 2. The lowest BCUT2D eigenvalue weighted by Gasteiger charge is -2.01. The number of rotatable bonds is 4. The van der Waals surface area contributed by atoms with E-state index in [0.29, 0.717) is 17.1 Å². The van der Waals surface area contributed by atoms with Crippen molar-refractivity contribution >= 4 is 11.8 Å². The Kier molecular flexibility index (Phi) is 3.97. The molecule has 2 N–H and O–H groups in total. The van der Waals surface area contributed by atoms with Crippen molar-refractivity contribution in [3.8, 4) is 11.3 Å². The zero-order valence-corrected chi connectivity index (χ0v) is 10.5. The Morgan fingerprint density at radius 1 is 1.35 bits per heavy atom. The molecule has 0 saturated heterocycles. The Labute approximate surface area is 112 Å². The fourth-order valence-corrected chi connectivity index (χ4v) is 1.59. The third-order valence-corrected chi connectivity index (χ3v) is 2.61. The maximum absolute atomic E-state index is 13.1. The second kappa shape index (κ2) is 5.68.